The fourth-order valence-electron chi connectivity index (χ4n) is 1.20. The lowest BCUT2D eigenvalue weighted by Gasteiger charge is -2.25. The fourth-order valence-corrected chi connectivity index (χ4v) is 1.20. The lowest BCUT2D eigenvalue weighted by atomic mass is 9.89. The molecule has 0 rings (SSSR count). The van der Waals surface area contributed by atoms with Gasteiger partial charge in [0, 0.05) is 17.5 Å². The topological polar surface area (TPSA) is 55.1 Å². The molecule has 3 heteroatoms. The van der Waals surface area contributed by atoms with Crippen molar-refractivity contribution in [2.45, 2.75) is 59.5 Å². The third-order valence-corrected chi connectivity index (χ3v) is 2.60. The molecule has 2 atom stereocenters. The molecule has 1 amide bonds. The van der Waals surface area contributed by atoms with Crippen LogP contribution in [-0.4, -0.2) is 18.0 Å². The highest BCUT2D eigenvalue weighted by Gasteiger charge is 2.26. The summed E-state index contributed by atoms with van der Waals surface area (Å²) in [5, 5.41) is 2.98. The Kier molecular flexibility index (Phi) is 5.13. The van der Waals surface area contributed by atoms with E-state index in [0.717, 1.165) is 12.8 Å². The second kappa shape index (κ2) is 5.35. The molecule has 0 aliphatic rings. The molecule has 0 saturated heterocycles. The third kappa shape index (κ3) is 4.61. The average molecular weight is 200 g/mol. The normalized spacial score (nSPS) is 16.1. The van der Waals surface area contributed by atoms with E-state index in [1.807, 2.05) is 34.6 Å². The molecule has 0 radical (unpaired) electrons. The maximum Gasteiger partial charge on any atom is 0.225 e. The van der Waals surface area contributed by atoms with Gasteiger partial charge in [0.05, 0.1) is 0 Å². The van der Waals surface area contributed by atoms with Gasteiger partial charge in [0.2, 0.25) is 5.91 Å². The van der Waals surface area contributed by atoms with Crippen LogP contribution < -0.4 is 11.1 Å². The number of rotatable bonds is 5. The van der Waals surface area contributed by atoms with Gasteiger partial charge in [-0.25, -0.2) is 0 Å². The molecular formula is C11H24N2O. The second-order valence-corrected chi connectivity index (χ2v) is 4.82. The van der Waals surface area contributed by atoms with Crippen molar-refractivity contribution >= 4 is 5.91 Å². The van der Waals surface area contributed by atoms with Crippen LogP contribution in [0.15, 0.2) is 0 Å². The maximum atomic E-state index is 11.7. The van der Waals surface area contributed by atoms with E-state index in [2.05, 4.69) is 5.32 Å². The average Bonchev–Trinajstić information content (AvgIpc) is 2.02. The second-order valence-electron chi connectivity index (χ2n) is 4.82. The molecule has 0 bridgehead atoms. The first-order valence-corrected chi connectivity index (χ1v) is 5.36. The van der Waals surface area contributed by atoms with Crippen LogP contribution >= 0.6 is 0 Å². The summed E-state index contributed by atoms with van der Waals surface area (Å²) in [6, 6.07) is 0.295. The van der Waals surface area contributed by atoms with Gasteiger partial charge < -0.3 is 11.1 Å². The zero-order valence-corrected chi connectivity index (χ0v) is 10.1. The standard InChI is InChI=1S/C11H24N2O/c1-6-11(4,5)10(14)13-9(3)7-8(2)12/h8-9H,6-7,12H2,1-5H3,(H,13,14). The van der Waals surface area contributed by atoms with Crippen LogP contribution in [0.2, 0.25) is 0 Å². The van der Waals surface area contributed by atoms with Gasteiger partial charge in [-0.05, 0) is 26.7 Å². The van der Waals surface area contributed by atoms with Crippen molar-refractivity contribution in [3.8, 4) is 0 Å². The highest BCUT2D eigenvalue weighted by atomic mass is 16.2. The predicted molar refractivity (Wildman–Crippen MR) is 59.9 cm³/mol. The first kappa shape index (κ1) is 13.4. The highest BCUT2D eigenvalue weighted by Crippen LogP contribution is 2.19. The minimum Gasteiger partial charge on any atom is -0.353 e. The number of nitrogens with two attached hydrogens (primary N) is 1. The van der Waals surface area contributed by atoms with Crippen LogP contribution in [0.5, 0.6) is 0 Å². The van der Waals surface area contributed by atoms with Crippen molar-refractivity contribution in [3.63, 3.8) is 0 Å². The van der Waals surface area contributed by atoms with Crippen molar-refractivity contribution in [3.05, 3.63) is 0 Å². The summed E-state index contributed by atoms with van der Waals surface area (Å²) in [6.07, 6.45) is 1.68. The minimum absolute atomic E-state index is 0.119. The van der Waals surface area contributed by atoms with Crippen molar-refractivity contribution in [2.75, 3.05) is 0 Å². The summed E-state index contributed by atoms with van der Waals surface area (Å²) in [5.41, 5.74) is 5.39. The Bertz CT molecular complexity index is 188. The lowest BCUT2D eigenvalue weighted by molar-refractivity contribution is -0.130. The SMILES string of the molecule is CCC(C)(C)C(=O)NC(C)CC(C)N. The number of nitrogens with one attached hydrogen (secondary N) is 1. The van der Waals surface area contributed by atoms with Gasteiger partial charge in [0.15, 0.2) is 0 Å². The summed E-state index contributed by atoms with van der Waals surface area (Å²) in [7, 11) is 0. The number of amides is 1. The maximum absolute atomic E-state index is 11.7. The van der Waals surface area contributed by atoms with Crippen LogP contribution in [-0.2, 0) is 4.79 Å². The number of hydrogen-bond acceptors (Lipinski definition) is 2. The molecule has 0 aromatic carbocycles. The molecule has 3 N–H and O–H groups in total. The Morgan fingerprint density at radius 1 is 1.43 bits per heavy atom. The van der Waals surface area contributed by atoms with Gasteiger partial charge in [0.25, 0.3) is 0 Å². The Morgan fingerprint density at radius 2 is 1.93 bits per heavy atom. The van der Waals surface area contributed by atoms with Crippen LogP contribution in [0.4, 0.5) is 0 Å². The smallest absolute Gasteiger partial charge is 0.225 e. The first-order chi connectivity index (χ1) is 6.29. The monoisotopic (exact) mass is 200 g/mol. The first-order valence-electron chi connectivity index (χ1n) is 5.36. The molecule has 2 unspecified atom stereocenters. The Morgan fingerprint density at radius 3 is 2.29 bits per heavy atom. The van der Waals surface area contributed by atoms with Gasteiger partial charge in [-0.2, -0.15) is 0 Å². The number of hydrogen-bond donors (Lipinski definition) is 2. The van der Waals surface area contributed by atoms with E-state index < -0.39 is 0 Å². The van der Waals surface area contributed by atoms with E-state index in [1.54, 1.807) is 0 Å². The largest absolute Gasteiger partial charge is 0.353 e. The molecule has 14 heavy (non-hydrogen) atoms. The minimum atomic E-state index is -0.272. The molecule has 0 heterocycles. The van der Waals surface area contributed by atoms with Gasteiger partial charge in [-0.3, -0.25) is 4.79 Å². The molecule has 0 saturated carbocycles. The quantitative estimate of drug-likeness (QED) is 0.709. The molecule has 0 aromatic rings. The molecular weight excluding hydrogens is 176 g/mol. The molecule has 0 aromatic heterocycles. The van der Waals surface area contributed by atoms with Crippen molar-refractivity contribution in [1.29, 1.82) is 0 Å². The van der Waals surface area contributed by atoms with E-state index >= 15 is 0 Å². The van der Waals surface area contributed by atoms with Crippen molar-refractivity contribution in [2.24, 2.45) is 11.1 Å². The zero-order valence-electron chi connectivity index (χ0n) is 10.1. The molecule has 0 aliphatic heterocycles. The van der Waals surface area contributed by atoms with E-state index in [1.165, 1.54) is 0 Å². The van der Waals surface area contributed by atoms with Crippen molar-refractivity contribution < 1.29 is 4.79 Å². The zero-order chi connectivity index (χ0) is 11.4. The molecule has 84 valence electrons. The van der Waals surface area contributed by atoms with Gasteiger partial charge >= 0.3 is 0 Å². The lowest BCUT2D eigenvalue weighted by Crippen LogP contribution is -2.43. The summed E-state index contributed by atoms with van der Waals surface area (Å²) in [4.78, 5) is 11.7. The van der Waals surface area contributed by atoms with E-state index in [-0.39, 0.29) is 23.4 Å². The molecule has 0 aliphatic carbocycles. The van der Waals surface area contributed by atoms with Gasteiger partial charge in [0.1, 0.15) is 0 Å². The van der Waals surface area contributed by atoms with E-state index in [4.69, 9.17) is 5.73 Å². The van der Waals surface area contributed by atoms with Crippen LogP contribution in [0.1, 0.15) is 47.5 Å². The fraction of sp³-hybridized carbons (Fsp3) is 0.909. The van der Waals surface area contributed by atoms with Crippen molar-refractivity contribution in [1.82, 2.24) is 5.32 Å². The molecule has 0 fully saturated rings. The summed E-state index contributed by atoms with van der Waals surface area (Å²) >= 11 is 0. The Hall–Kier alpha value is -0.570. The summed E-state index contributed by atoms with van der Waals surface area (Å²) in [6.45, 7) is 9.89. The molecule has 0 spiro atoms. The van der Waals surface area contributed by atoms with Crippen LogP contribution in [0, 0.1) is 5.41 Å². The Labute approximate surface area is 87.4 Å². The molecule has 3 nitrogen and oxygen atoms in total. The Balaban J connectivity index is 4.06. The highest BCUT2D eigenvalue weighted by molar-refractivity contribution is 5.81. The summed E-state index contributed by atoms with van der Waals surface area (Å²) in [5.74, 6) is 0.119. The third-order valence-electron chi connectivity index (χ3n) is 2.60. The van der Waals surface area contributed by atoms with Crippen LogP contribution in [0.25, 0.3) is 0 Å². The van der Waals surface area contributed by atoms with E-state index in [0.29, 0.717) is 0 Å². The van der Waals surface area contributed by atoms with Crippen LogP contribution in [0.3, 0.4) is 0 Å². The number of carbonyl (C=O) groups excluding carboxylic acids is 1. The predicted octanol–water partition coefficient (Wildman–Crippen LogP) is 1.66. The van der Waals surface area contributed by atoms with Gasteiger partial charge in [-0.1, -0.05) is 20.8 Å². The summed E-state index contributed by atoms with van der Waals surface area (Å²) < 4.78 is 0. The van der Waals surface area contributed by atoms with Gasteiger partial charge in [-0.15, -0.1) is 0 Å². The number of carbonyl (C=O) groups is 1. The van der Waals surface area contributed by atoms with E-state index in [9.17, 15) is 4.79 Å².